The molecule has 1 aromatic rings. The van der Waals surface area contributed by atoms with E-state index < -0.39 is 0 Å². The van der Waals surface area contributed by atoms with Crippen LogP contribution < -0.4 is 9.47 Å². The van der Waals surface area contributed by atoms with E-state index in [-0.39, 0.29) is 15.7 Å². The Labute approximate surface area is 107 Å². The van der Waals surface area contributed by atoms with Crippen LogP contribution in [-0.2, 0) is 4.87 Å². The molecule has 1 aromatic carbocycles. The molecule has 3 rings (SSSR count). The van der Waals surface area contributed by atoms with E-state index in [9.17, 15) is 0 Å². The molecule has 0 amide bonds. The minimum absolute atomic E-state index is 0.0786. The number of ether oxygens (including phenoxy) is 2. The third-order valence-corrected chi connectivity index (χ3v) is 6.16. The molecular weight excluding hydrogens is 236 g/mol. The number of alkyl halides is 1. The van der Waals surface area contributed by atoms with Crippen molar-refractivity contribution >= 4 is 11.6 Å². The summed E-state index contributed by atoms with van der Waals surface area (Å²) in [5.74, 6) is 1.62. The van der Waals surface area contributed by atoms with E-state index in [1.165, 1.54) is 0 Å². The van der Waals surface area contributed by atoms with Gasteiger partial charge in [-0.15, -0.1) is 11.6 Å². The number of benzene rings is 1. The molecule has 2 nitrogen and oxygen atoms in total. The lowest BCUT2D eigenvalue weighted by atomic mass is 10.0. The Bertz CT molecular complexity index is 477. The van der Waals surface area contributed by atoms with Crippen molar-refractivity contribution < 1.29 is 9.47 Å². The predicted octanol–water partition coefficient (Wildman–Crippen LogP) is 3.92. The number of halogens is 1. The van der Waals surface area contributed by atoms with Gasteiger partial charge in [-0.25, -0.2) is 0 Å². The van der Waals surface area contributed by atoms with Gasteiger partial charge in [0.15, 0.2) is 11.5 Å². The summed E-state index contributed by atoms with van der Waals surface area (Å²) in [4.78, 5) is -0.318. The van der Waals surface area contributed by atoms with E-state index in [1.54, 1.807) is 0 Å². The quantitative estimate of drug-likeness (QED) is 0.706. The van der Waals surface area contributed by atoms with Crippen molar-refractivity contribution in [2.24, 2.45) is 10.8 Å². The van der Waals surface area contributed by atoms with Crippen LogP contribution in [0.25, 0.3) is 0 Å². The van der Waals surface area contributed by atoms with E-state index in [4.69, 9.17) is 21.1 Å². The van der Waals surface area contributed by atoms with Gasteiger partial charge in [0.25, 0.3) is 0 Å². The first kappa shape index (κ1) is 11.2. The Hall–Kier alpha value is -0.890. The molecule has 1 heterocycles. The van der Waals surface area contributed by atoms with Crippen LogP contribution in [0.2, 0.25) is 0 Å². The van der Waals surface area contributed by atoms with E-state index in [0.29, 0.717) is 6.79 Å². The maximum absolute atomic E-state index is 6.86. The Kier molecular flexibility index (Phi) is 1.92. The fraction of sp³-hybridized carbons (Fsp3) is 0.571. The average Bonchev–Trinajstić information content (AvgIpc) is 2.67. The molecule has 0 radical (unpaired) electrons. The highest BCUT2D eigenvalue weighted by atomic mass is 35.5. The van der Waals surface area contributed by atoms with E-state index in [0.717, 1.165) is 17.1 Å². The molecule has 0 spiro atoms. The number of rotatable bonds is 1. The van der Waals surface area contributed by atoms with Gasteiger partial charge in [0.05, 0.1) is 4.87 Å². The van der Waals surface area contributed by atoms with Crippen molar-refractivity contribution in [3.8, 4) is 11.5 Å². The summed E-state index contributed by atoms with van der Waals surface area (Å²) in [6.07, 6.45) is 0. The molecule has 92 valence electrons. The fourth-order valence-electron chi connectivity index (χ4n) is 3.08. The number of hydrogen-bond acceptors (Lipinski definition) is 2. The van der Waals surface area contributed by atoms with Crippen molar-refractivity contribution in [2.45, 2.75) is 32.6 Å². The van der Waals surface area contributed by atoms with Gasteiger partial charge in [-0.3, -0.25) is 0 Å². The highest BCUT2D eigenvalue weighted by Gasteiger charge is 2.77. The number of fused-ring (bicyclic) bond motifs is 1. The Morgan fingerprint density at radius 2 is 1.59 bits per heavy atom. The lowest BCUT2D eigenvalue weighted by molar-refractivity contribution is 0.174. The minimum Gasteiger partial charge on any atom is -0.454 e. The van der Waals surface area contributed by atoms with Gasteiger partial charge < -0.3 is 9.47 Å². The first-order chi connectivity index (χ1) is 7.82. The average molecular weight is 253 g/mol. The SMILES string of the molecule is CC1(C)C(C)(C)C1(Cl)c1ccc2c(c1)OCO2. The first-order valence-corrected chi connectivity index (χ1v) is 6.29. The van der Waals surface area contributed by atoms with Gasteiger partial charge in [-0.2, -0.15) is 0 Å². The molecule has 1 aliphatic heterocycles. The lowest BCUT2D eigenvalue weighted by Gasteiger charge is -2.14. The second-order valence-electron chi connectivity index (χ2n) is 5.98. The molecule has 0 N–H and O–H groups in total. The van der Waals surface area contributed by atoms with Crippen molar-refractivity contribution in [1.82, 2.24) is 0 Å². The second-order valence-corrected chi connectivity index (χ2v) is 6.54. The largest absolute Gasteiger partial charge is 0.454 e. The molecule has 2 aliphatic rings. The van der Waals surface area contributed by atoms with Crippen molar-refractivity contribution in [3.63, 3.8) is 0 Å². The van der Waals surface area contributed by atoms with E-state index in [2.05, 4.69) is 33.8 Å². The summed E-state index contributed by atoms with van der Waals surface area (Å²) in [6, 6.07) is 6.02. The van der Waals surface area contributed by atoms with Crippen LogP contribution >= 0.6 is 11.6 Å². The van der Waals surface area contributed by atoms with Crippen molar-refractivity contribution in [1.29, 1.82) is 0 Å². The monoisotopic (exact) mass is 252 g/mol. The molecular formula is C14H17ClO2. The lowest BCUT2D eigenvalue weighted by Crippen LogP contribution is -2.07. The van der Waals surface area contributed by atoms with Crippen LogP contribution in [0.15, 0.2) is 18.2 Å². The smallest absolute Gasteiger partial charge is 0.231 e. The predicted molar refractivity (Wildman–Crippen MR) is 67.7 cm³/mol. The van der Waals surface area contributed by atoms with Crippen LogP contribution in [0, 0.1) is 10.8 Å². The highest BCUT2D eigenvalue weighted by molar-refractivity contribution is 6.27. The van der Waals surface area contributed by atoms with Gasteiger partial charge in [-0.1, -0.05) is 33.8 Å². The normalized spacial score (nSPS) is 25.7. The third-order valence-electron chi connectivity index (χ3n) is 4.99. The molecule has 0 saturated heterocycles. The van der Waals surface area contributed by atoms with Crippen LogP contribution in [0.3, 0.4) is 0 Å². The molecule has 0 aromatic heterocycles. The summed E-state index contributed by atoms with van der Waals surface area (Å²) in [7, 11) is 0. The van der Waals surface area contributed by atoms with Gasteiger partial charge in [0, 0.05) is 0 Å². The third kappa shape index (κ3) is 1.08. The molecule has 1 aliphatic carbocycles. The molecule has 3 heteroatoms. The fourth-order valence-corrected chi connectivity index (χ4v) is 3.62. The number of hydrogen-bond donors (Lipinski definition) is 0. The van der Waals surface area contributed by atoms with Crippen LogP contribution in [0.5, 0.6) is 11.5 Å². The zero-order valence-electron chi connectivity index (χ0n) is 10.6. The second kappa shape index (κ2) is 2.92. The molecule has 1 fully saturated rings. The topological polar surface area (TPSA) is 18.5 Å². The van der Waals surface area contributed by atoms with E-state index >= 15 is 0 Å². The summed E-state index contributed by atoms with van der Waals surface area (Å²) >= 11 is 6.86. The highest BCUT2D eigenvalue weighted by Crippen LogP contribution is 2.80. The van der Waals surface area contributed by atoms with Gasteiger partial charge in [-0.05, 0) is 28.5 Å². The van der Waals surface area contributed by atoms with Crippen molar-refractivity contribution in [2.75, 3.05) is 6.79 Å². The van der Waals surface area contributed by atoms with Crippen LogP contribution in [0.1, 0.15) is 33.3 Å². The molecule has 0 atom stereocenters. The maximum atomic E-state index is 6.86. The first-order valence-electron chi connectivity index (χ1n) is 5.91. The van der Waals surface area contributed by atoms with Gasteiger partial charge in [0.1, 0.15) is 0 Å². The van der Waals surface area contributed by atoms with Gasteiger partial charge in [0.2, 0.25) is 6.79 Å². The minimum atomic E-state index is -0.318. The standard InChI is InChI=1S/C14H17ClO2/c1-12(2)13(3,4)14(12,15)9-5-6-10-11(7-9)17-8-16-10/h5-7H,8H2,1-4H3. The van der Waals surface area contributed by atoms with Crippen molar-refractivity contribution in [3.05, 3.63) is 23.8 Å². The zero-order chi connectivity index (χ0) is 12.5. The maximum Gasteiger partial charge on any atom is 0.231 e. The Morgan fingerprint density at radius 3 is 2.18 bits per heavy atom. The molecule has 0 unspecified atom stereocenters. The molecule has 1 saturated carbocycles. The van der Waals surface area contributed by atoms with Crippen LogP contribution in [-0.4, -0.2) is 6.79 Å². The summed E-state index contributed by atoms with van der Waals surface area (Å²) in [6.45, 7) is 9.16. The van der Waals surface area contributed by atoms with E-state index in [1.807, 2.05) is 12.1 Å². The summed E-state index contributed by atoms with van der Waals surface area (Å²) < 4.78 is 10.7. The zero-order valence-corrected chi connectivity index (χ0v) is 11.4. The van der Waals surface area contributed by atoms with Crippen LogP contribution in [0.4, 0.5) is 0 Å². The summed E-state index contributed by atoms with van der Waals surface area (Å²) in [5, 5.41) is 0. The molecule has 0 bridgehead atoms. The summed E-state index contributed by atoms with van der Waals surface area (Å²) in [5.41, 5.74) is 1.28. The Balaban J connectivity index is 2.07. The van der Waals surface area contributed by atoms with Gasteiger partial charge >= 0.3 is 0 Å². The molecule has 17 heavy (non-hydrogen) atoms. The Morgan fingerprint density at radius 1 is 1.00 bits per heavy atom.